The fourth-order valence-corrected chi connectivity index (χ4v) is 1.95. The van der Waals surface area contributed by atoms with Crippen LogP contribution in [0.25, 0.3) is 0 Å². The first-order valence-electron chi connectivity index (χ1n) is 6.33. The van der Waals surface area contributed by atoms with Gasteiger partial charge < -0.3 is 9.67 Å². The molecule has 0 radical (unpaired) electrons. The maximum absolute atomic E-state index is 10.8. The van der Waals surface area contributed by atoms with Gasteiger partial charge in [-0.2, -0.15) is 0 Å². The average Bonchev–Trinajstić information content (AvgIpc) is 2.71. The van der Waals surface area contributed by atoms with Crippen LogP contribution in [-0.2, 0) is 20.1 Å². The summed E-state index contributed by atoms with van der Waals surface area (Å²) in [6.45, 7) is 3.34. The molecular weight excluding hydrogens is 256 g/mol. The molecule has 0 saturated heterocycles. The lowest BCUT2D eigenvalue weighted by atomic mass is 10.1. The summed E-state index contributed by atoms with van der Waals surface area (Å²) >= 11 is 0. The van der Waals surface area contributed by atoms with Crippen molar-refractivity contribution < 1.29 is 9.90 Å². The summed E-state index contributed by atoms with van der Waals surface area (Å²) in [5.74, 6) is 0.894. The van der Waals surface area contributed by atoms with Crippen LogP contribution in [-0.4, -0.2) is 37.8 Å². The van der Waals surface area contributed by atoms with Crippen molar-refractivity contribution in [3.8, 4) is 0 Å². The van der Waals surface area contributed by atoms with Crippen LogP contribution in [0.5, 0.6) is 0 Å². The van der Waals surface area contributed by atoms with E-state index in [1.165, 1.54) is 0 Å². The Morgan fingerprint density at radius 3 is 2.40 bits per heavy atom. The minimum atomic E-state index is -0.903. The molecule has 0 bridgehead atoms. The van der Waals surface area contributed by atoms with E-state index in [0.717, 1.165) is 23.8 Å². The molecule has 0 atom stereocenters. The third-order valence-corrected chi connectivity index (χ3v) is 3.25. The topological polar surface area (TPSA) is 71.2 Å². The first-order chi connectivity index (χ1) is 9.47. The Kier molecular flexibility index (Phi) is 4.14. The summed E-state index contributed by atoms with van der Waals surface area (Å²) in [7, 11) is 3.94. The Labute approximate surface area is 117 Å². The van der Waals surface area contributed by atoms with Gasteiger partial charge in [-0.25, -0.2) is 4.79 Å². The van der Waals surface area contributed by atoms with Gasteiger partial charge in [0.1, 0.15) is 11.6 Å². The van der Waals surface area contributed by atoms with Gasteiger partial charge in [-0.1, -0.05) is 12.1 Å². The number of nitrogens with zero attached hydrogens (tertiary/aromatic N) is 4. The van der Waals surface area contributed by atoms with Gasteiger partial charge >= 0.3 is 5.97 Å². The molecule has 1 N–H and O–H groups in total. The fraction of sp³-hybridized carbons (Fsp3) is 0.357. The SMILES string of the molecule is Cc1nnc(CN(C)Cc2ccc(C(=O)O)cc2)n1C. The van der Waals surface area contributed by atoms with Gasteiger partial charge in [0.25, 0.3) is 0 Å². The molecule has 2 aromatic rings. The predicted octanol–water partition coefficient (Wildman–Crippen LogP) is 1.45. The maximum atomic E-state index is 10.8. The lowest BCUT2D eigenvalue weighted by Crippen LogP contribution is -2.19. The van der Waals surface area contributed by atoms with Gasteiger partial charge in [-0.3, -0.25) is 4.90 Å². The van der Waals surface area contributed by atoms with Crippen molar-refractivity contribution in [2.75, 3.05) is 7.05 Å². The Hall–Kier alpha value is -2.21. The molecule has 0 aliphatic carbocycles. The summed E-state index contributed by atoms with van der Waals surface area (Å²) in [6.07, 6.45) is 0. The summed E-state index contributed by atoms with van der Waals surface area (Å²) in [4.78, 5) is 12.9. The molecule has 0 spiro atoms. The Morgan fingerprint density at radius 1 is 1.25 bits per heavy atom. The highest BCUT2D eigenvalue weighted by Gasteiger charge is 2.09. The minimum Gasteiger partial charge on any atom is -0.478 e. The van der Waals surface area contributed by atoms with Crippen molar-refractivity contribution in [3.05, 3.63) is 47.0 Å². The fourth-order valence-electron chi connectivity index (χ4n) is 1.95. The zero-order valence-corrected chi connectivity index (χ0v) is 11.9. The second-order valence-corrected chi connectivity index (χ2v) is 4.90. The van der Waals surface area contributed by atoms with Gasteiger partial charge in [0.05, 0.1) is 12.1 Å². The summed E-state index contributed by atoms with van der Waals surface area (Å²) in [6, 6.07) is 6.92. The molecular formula is C14H18N4O2. The third-order valence-electron chi connectivity index (χ3n) is 3.25. The van der Waals surface area contributed by atoms with E-state index < -0.39 is 5.97 Å². The second kappa shape index (κ2) is 5.83. The van der Waals surface area contributed by atoms with Crippen LogP contribution in [0.15, 0.2) is 24.3 Å². The minimum absolute atomic E-state index is 0.306. The molecule has 0 aliphatic heterocycles. The number of carboxylic acids is 1. The average molecular weight is 274 g/mol. The van der Waals surface area contributed by atoms with Crippen LogP contribution in [0.4, 0.5) is 0 Å². The first-order valence-corrected chi connectivity index (χ1v) is 6.33. The molecule has 0 amide bonds. The Morgan fingerprint density at radius 2 is 1.90 bits per heavy atom. The molecule has 20 heavy (non-hydrogen) atoms. The molecule has 106 valence electrons. The van der Waals surface area contributed by atoms with E-state index in [1.54, 1.807) is 12.1 Å². The number of carboxylic acid groups (broad SMARTS) is 1. The lowest BCUT2D eigenvalue weighted by molar-refractivity contribution is 0.0697. The van der Waals surface area contributed by atoms with Crippen molar-refractivity contribution in [1.82, 2.24) is 19.7 Å². The predicted molar refractivity (Wildman–Crippen MR) is 74.3 cm³/mol. The van der Waals surface area contributed by atoms with Crippen molar-refractivity contribution in [3.63, 3.8) is 0 Å². The molecule has 0 saturated carbocycles. The Balaban J connectivity index is 1.99. The first kappa shape index (κ1) is 14.2. The highest BCUT2D eigenvalue weighted by molar-refractivity contribution is 5.87. The standard InChI is InChI=1S/C14H18N4O2/c1-10-15-16-13(18(10)3)9-17(2)8-11-4-6-12(7-5-11)14(19)20/h4-7H,8-9H2,1-3H3,(H,19,20). The van der Waals surface area contributed by atoms with Crippen molar-refractivity contribution in [2.45, 2.75) is 20.0 Å². The number of aromatic nitrogens is 3. The van der Waals surface area contributed by atoms with Gasteiger partial charge in [0, 0.05) is 13.6 Å². The number of benzene rings is 1. The van der Waals surface area contributed by atoms with E-state index in [9.17, 15) is 4.79 Å². The second-order valence-electron chi connectivity index (χ2n) is 4.90. The van der Waals surface area contributed by atoms with Crippen LogP contribution >= 0.6 is 0 Å². The molecule has 0 aliphatic rings. The van der Waals surface area contributed by atoms with Crippen LogP contribution in [0, 0.1) is 6.92 Å². The lowest BCUT2D eigenvalue weighted by Gasteiger charge is -2.16. The molecule has 6 heteroatoms. The van der Waals surface area contributed by atoms with Crippen molar-refractivity contribution in [1.29, 1.82) is 0 Å². The highest BCUT2D eigenvalue weighted by Crippen LogP contribution is 2.09. The molecule has 0 unspecified atom stereocenters. The van der Waals surface area contributed by atoms with E-state index >= 15 is 0 Å². The monoisotopic (exact) mass is 274 g/mol. The Bertz CT molecular complexity index is 604. The molecule has 2 rings (SSSR count). The number of carbonyl (C=O) groups is 1. The van der Waals surface area contributed by atoms with Crippen LogP contribution < -0.4 is 0 Å². The number of hydrogen-bond acceptors (Lipinski definition) is 4. The van der Waals surface area contributed by atoms with Crippen molar-refractivity contribution >= 4 is 5.97 Å². The summed E-state index contributed by atoms with van der Waals surface area (Å²) in [5, 5.41) is 17.0. The number of aryl methyl sites for hydroxylation is 1. The van der Waals surface area contributed by atoms with Gasteiger partial charge in [-0.05, 0) is 31.7 Å². The third kappa shape index (κ3) is 3.21. The van der Waals surface area contributed by atoms with Crippen LogP contribution in [0.2, 0.25) is 0 Å². The van der Waals surface area contributed by atoms with E-state index in [-0.39, 0.29) is 0 Å². The quantitative estimate of drug-likeness (QED) is 0.893. The molecule has 0 fully saturated rings. The normalized spacial score (nSPS) is 11.0. The summed E-state index contributed by atoms with van der Waals surface area (Å²) < 4.78 is 1.96. The number of rotatable bonds is 5. The van der Waals surface area contributed by atoms with E-state index in [4.69, 9.17) is 5.11 Å². The molecule has 1 aromatic heterocycles. The molecule has 1 aromatic carbocycles. The maximum Gasteiger partial charge on any atom is 0.335 e. The van der Waals surface area contributed by atoms with E-state index in [2.05, 4.69) is 15.1 Å². The van der Waals surface area contributed by atoms with Crippen LogP contribution in [0.3, 0.4) is 0 Å². The molecule has 6 nitrogen and oxygen atoms in total. The van der Waals surface area contributed by atoms with E-state index in [0.29, 0.717) is 12.1 Å². The zero-order chi connectivity index (χ0) is 14.7. The van der Waals surface area contributed by atoms with Crippen LogP contribution in [0.1, 0.15) is 27.6 Å². The number of hydrogen-bond donors (Lipinski definition) is 1. The van der Waals surface area contributed by atoms with Gasteiger partial charge in [-0.15, -0.1) is 10.2 Å². The number of aromatic carboxylic acids is 1. The van der Waals surface area contributed by atoms with Gasteiger partial charge in [0.2, 0.25) is 0 Å². The van der Waals surface area contributed by atoms with Crippen molar-refractivity contribution in [2.24, 2.45) is 7.05 Å². The van der Waals surface area contributed by atoms with Gasteiger partial charge in [0.15, 0.2) is 0 Å². The largest absolute Gasteiger partial charge is 0.478 e. The smallest absolute Gasteiger partial charge is 0.335 e. The van der Waals surface area contributed by atoms with E-state index in [1.807, 2.05) is 37.7 Å². The molecule has 1 heterocycles. The highest BCUT2D eigenvalue weighted by atomic mass is 16.4. The zero-order valence-electron chi connectivity index (χ0n) is 11.9. The summed E-state index contributed by atoms with van der Waals surface area (Å²) in [5.41, 5.74) is 1.37.